The molecule has 40 nitrogen and oxygen atoms in total. The number of carboxylic acid groups (broad SMARTS) is 1. The van der Waals surface area contributed by atoms with Crippen molar-refractivity contribution >= 4 is 154 Å². The number of unbranched alkanes of at least 4 members (excludes halogenated alkanes) is 4. The molecule has 0 aliphatic heterocycles. The Labute approximate surface area is 883 Å². The molecule has 0 aliphatic carbocycles. The van der Waals surface area contributed by atoms with E-state index in [-0.39, 0.29) is 93.7 Å². The Morgan fingerprint density at radius 2 is 0.568 bits per heavy atom. The number of nitrogens with two attached hydrogens (primary N) is 1. The van der Waals surface area contributed by atoms with Crippen molar-refractivity contribution in [1.29, 1.82) is 0 Å². The summed E-state index contributed by atoms with van der Waals surface area (Å²) in [6.45, 7) is 5.50. The summed E-state index contributed by atoms with van der Waals surface area (Å²) in [6.07, 6.45) is -6.28. The lowest BCUT2D eigenvalue weighted by Crippen LogP contribution is -2.62. The van der Waals surface area contributed by atoms with E-state index in [9.17, 15) is 53.1 Å². The van der Waals surface area contributed by atoms with Crippen LogP contribution in [0, 0.1) is 5.92 Å². The maximum absolute atomic E-state index is 15.4. The van der Waals surface area contributed by atoms with Gasteiger partial charge in [-0.1, -0.05) is 256 Å². The fourth-order valence-electron chi connectivity index (χ4n) is 14.4. The van der Waals surface area contributed by atoms with E-state index in [0.29, 0.717) is 61.8 Å². The lowest BCUT2D eigenvalue weighted by Gasteiger charge is -2.30. The van der Waals surface area contributed by atoms with Crippen molar-refractivity contribution in [3.63, 3.8) is 0 Å². The summed E-state index contributed by atoms with van der Waals surface area (Å²) in [7, 11) is 0. The van der Waals surface area contributed by atoms with Crippen LogP contribution in [0.15, 0.2) is 182 Å². The summed E-state index contributed by atoms with van der Waals surface area (Å²) >= 11 is 31.7. The van der Waals surface area contributed by atoms with Crippen molar-refractivity contribution < 1.29 is 115 Å². The van der Waals surface area contributed by atoms with Crippen LogP contribution in [0.1, 0.15) is 164 Å². The summed E-state index contributed by atoms with van der Waals surface area (Å²) in [5, 5.41) is 50.5. The van der Waals surface area contributed by atoms with Gasteiger partial charge in [-0.25, -0.2) is 28.8 Å². The molecule has 0 aliphatic rings. The Hall–Kier alpha value is -13.6. The molecule has 7 rings (SSSR count). The van der Waals surface area contributed by atoms with Gasteiger partial charge in [-0.15, -0.1) is 0 Å². The number of benzene rings is 7. The van der Waals surface area contributed by atoms with E-state index in [1.165, 1.54) is 20.8 Å². The van der Waals surface area contributed by atoms with Crippen LogP contribution in [0.3, 0.4) is 0 Å². The summed E-state index contributed by atoms with van der Waals surface area (Å²) < 4.78 is 39.2. The second-order valence-corrected chi connectivity index (χ2v) is 36.9. The Balaban J connectivity index is 1.17. The number of hydrogen-bond donors (Lipinski definition) is 17. The average Bonchev–Trinajstić information content (AvgIpc) is 0.842. The van der Waals surface area contributed by atoms with Crippen LogP contribution >= 0.6 is 58.0 Å². The Morgan fingerprint density at radius 1 is 0.297 bits per heavy atom. The predicted molar refractivity (Wildman–Crippen MR) is 552 cm³/mol. The van der Waals surface area contributed by atoms with Gasteiger partial charge in [-0.2, -0.15) is 0 Å². The zero-order chi connectivity index (χ0) is 108. The highest BCUT2D eigenvalue weighted by molar-refractivity contribution is 6.32. The van der Waals surface area contributed by atoms with Gasteiger partial charge in [-0.05, 0) is 126 Å². The fraction of sp³-hybridized carbons (Fsp3) is 0.437. The molecule has 0 aromatic heterocycles. The van der Waals surface area contributed by atoms with E-state index in [4.69, 9.17) is 96.9 Å². The Kier molecular flexibility index (Phi) is 54.6. The maximum Gasteiger partial charge on any atom is 0.407 e. The maximum atomic E-state index is 15.4. The largest absolute Gasteiger partial charge is 0.480 e. The number of carboxylic acids is 1. The number of hydrogen-bond acceptors (Lipinski definition) is 24. The third-order valence-corrected chi connectivity index (χ3v) is 24.6. The molecule has 7 aromatic rings. The highest BCUT2D eigenvalue weighted by Crippen LogP contribution is 2.23. The van der Waals surface area contributed by atoms with E-state index in [0.717, 1.165) is 19.3 Å². The van der Waals surface area contributed by atoms with Crippen molar-refractivity contribution in [2.75, 3.05) is 39.3 Å². The van der Waals surface area contributed by atoms with Gasteiger partial charge in [0.1, 0.15) is 87.4 Å². The molecule has 0 spiro atoms. The second kappa shape index (κ2) is 66.6. The van der Waals surface area contributed by atoms with Crippen LogP contribution in [0.2, 0.25) is 25.1 Å². The smallest absolute Gasteiger partial charge is 0.407 e. The number of carbonyl (C=O) groups excluding carboxylic acids is 15. The van der Waals surface area contributed by atoms with Crippen LogP contribution in [-0.4, -0.2) is 213 Å². The van der Waals surface area contributed by atoms with Crippen LogP contribution in [-0.2, 0) is 132 Å². The SMILES string of the molecule is CCCCCCCC(=O)N[C@@H](CCNC(=O)OCc1ccccc1Cl)C(=O)N[C@H](C(=O)N[C@@H](CCNC(=O)OCc1ccccc1Cl)C(=O)N[C@@H](CCN)C(=O)N[C@@H](CCNC(=O)OCc1ccccc1Cl)C(=O)N[C@H](C)C(=O)N[C@@H](CC(C)C)C(=O)N[C@@H](CCNC(=O)OCc1ccccc1Cl)C(=O)N[C@@H](CCNC(=O)OCc1ccccc1Cl)C(=O)N[C@H](C(=O)O)[C@@H](C)OCc1ccccc1)[C@@H](C)OCc1ccccc1. The van der Waals surface area contributed by atoms with Gasteiger partial charge in [-0.3, -0.25) is 47.9 Å². The Morgan fingerprint density at radius 3 is 0.885 bits per heavy atom. The quantitative estimate of drug-likeness (QED) is 0.0124. The molecule has 7 aromatic carbocycles. The molecule has 12 atom stereocenters. The molecule has 18 N–H and O–H groups in total. The molecule has 45 heteroatoms. The number of alkyl carbamates (subject to hydrolysis) is 5. The van der Waals surface area contributed by atoms with Crippen LogP contribution in [0.25, 0.3) is 0 Å². The van der Waals surface area contributed by atoms with Gasteiger partial charge >= 0.3 is 36.4 Å². The fourth-order valence-corrected chi connectivity index (χ4v) is 15.3. The van der Waals surface area contributed by atoms with Gasteiger partial charge in [0.15, 0.2) is 6.04 Å². The molecule has 802 valence electrons. The van der Waals surface area contributed by atoms with Gasteiger partial charge in [0, 0.05) is 92.1 Å². The van der Waals surface area contributed by atoms with Crippen molar-refractivity contribution in [3.05, 3.63) is 246 Å². The van der Waals surface area contributed by atoms with Crippen LogP contribution < -0.4 is 85.5 Å². The van der Waals surface area contributed by atoms with E-state index in [1.54, 1.807) is 196 Å². The molecule has 0 saturated carbocycles. The molecule has 0 bridgehead atoms. The van der Waals surface area contributed by atoms with Gasteiger partial charge in [0.2, 0.25) is 59.1 Å². The zero-order valence-corrected chi connectivity index (χ0v) is 86.8. The summed E-state index contributed by atoms with van der Waals surface area (Å²) in [5.74, 6) is -12.2. The molecule has 148 heavy (non-hydrogen) atoms. The number of nitrogens with one attached hydrogen (secondary N) is 15. The minimum atomic E-state index is -1.78. The molecule has 15 amide bonds. The lowest BCUT2D eigenvalue weighted by molar-refractivity contribution is -0.147. The lowest BCUT2D eigenvalue weighted by atomic mass is 10.0. The zero-order valence-electron chi connectivity index (χ0n) is 83.0. The standard InChI is InChI=1S/C103H131Cl5N16O24/c1-7-8-9-10-17-42-86(125)116-80(44-50-110-99(137)144-58-69-32-18-23-37-74(69)104)94(131)123-87(65(5)142-56-67-28-13-11-14-29-67)97(134)121-83(47-53-113-102(140)147-61-72-35-21-26-40-77(72)107)93(130)117-79(43-49-109)91(128)118-81(45-51-111-100(138)145-59-70-33-19-24-38-75(70)105)90(127)115-64(4)89(126)122-85(55-63(2)3)96(133)120-82(46-52-112-101(139)146-60-71-34-20-25-39-76(71)106)92(129)119-84(48-54-114-103(141)148-62-73-36-22-27-41-78(73)108)95(132)124-88(98(135)136)66(6)143-57-68-30-15-12-16-31-68/h11-16,18-41,63-66,79-85,87-88H,7-10,17,42-62,109H2,1-6H3,(H,110,137)(H,111,138)(H,112,139)(H,113,140)(H,114,141)(H,115,127)(H,116,125)(H,117,130)(H,118,128)(H,119,129)(H,120,133)(H,121,134)(H,122,126)(H,123,131)(H,124,132)(H,135,136)/t64-,65-,66-,79+,80+,81+,82+,83+,84+,85+,87+,88+/m1/s1. The highest BCUT2D eigenvalue weighted by Gasteiger charge is 2.39. The summed E-state index contributed by atoms with van der Waals surface area (Å²) in [4.78, 5) is 228. The third-order valence-electron chi connectivity index (χ3n) is 22.8. The van der Waals surface area contributed by atoms with Gasteiger partial charge in [0.25, 0.3) is 0 Å². The molecule has 0 radical (unpaired) electrons. The number of halogens is 5. The van der Waals surface area contributed by atoms with Crippen LogP contribution in [0.5, 0.6) is 0 Å². The highest BCUT2D eigenvalue weighted by atomic mass is 35.5. The average molecular weight is 2150 g/mol. The number of rotatable bonds is 63. The van der Waals surface area contributed by atoms with Crippen molar-refractivity contribution in [3.8, 4) is 0 Å². The van der Waals surface area contributed by atoms with Crippen molar-refractivity contribution in [2.45, 2.75) is 244 Å². The first-order valence-electron chi connectivity index (χ1n) is 48.5. The predicted octanol–water partition coefficient (Wildman–Crippen LogP) is 10.8. The van der Waals surface area contributed by atoms with E-state index >= 15 is 28.8 Å². The monoisotopic (exact) mass is 2150 g/mol. The molecular weight excluding hydrogens is 2020 g/mol. The first-order valence-corrected chi connectivity index (χ1v) is 50.3. The second-order valence-electron chi connectivity index (χ2n) is 34.8. The van der Waals surface area contributed by atoms with Crippen molar-refractivity contribution in [2.24, 2.45) is 11.7 Å². The third kappa shape index (κ3) is 45.4. The normalized spacial score (nSPS) is 13.4. The van der Waals surface area contributed by atoms with Gasteiger partial charge in [0.05, 0.1) is 25.4 Å². The molecule has 0 saturated heterocycles. The first kappa shape index (κ1) is 121. The molecule has 0 heterocycles. The number of carbonyl (C=O) groups is 16. The number of ether oxygens (including phenoxy) is 7. The van der Waals surface area contributed by atoms with Gasteiger partial charge < -0.3 is 124 Å². The van der Waals surface area contributed by atoms with Crippen molar-refractivity contribution in [1.82, 2.24) is 79.8 Å². The summed E-state index contributed by atoms with van der Waals surface area (Å²) in [5.41, 5.74) is 9.74. The minimum Gasteiger partial charge on any atom is -0.480 e. The van der Waals surface area contributed by atoms with E-state index in [1.807, 2.05) is 6.92 Å². The molecule has 0 fully saturated rings. The first-order chi connectivity index (χ1) is 71.0. The topological polar surface area (TPSA) is 564 Å². The van der Waals surface area contributed by atoms with E-state index in [2.05, 4.69) is 79.8 Å². The molecule has 0 unspecified atom stereocenters. The molecular formula is C103H131Cl5N16O24. The number of amides is 15. The number of aliphatic carboxylic acids is 1. The van der Waals surface area contributed by atoms with Crippen LogP contribution in [0.4, 0.5) is 24.0 Å². The Bertz CT molecular complexity index is 5500. The minimum absolute atomic E-state index is 0.00980. The van der Waals surface area contributed by atoms with E-state index < -0.39 is 232 Å². The summed E-state index contributed by atoms with van der Waals surface area (Å²) in [6, 6.07) is 33.2.